The molecule has 6 atom stereocenters. The highest BCUT2D eigenvalue weighted by molar-refractivity contribution is 5.84. The van der Waals surface area contributed by atoms with Crippen molar-refractivity contribution in [2.75, 3.05) is 20.3 Å². The van der Waals surface area contributed by atoms with Crippen LogP contribution in [0.15, 0.2) is 121 Å². The minimum Gasteiger partial charge on any atom is -0.467 e. The van der Waals surface area contributed by atoms with Crippen molar-refractivity contribution in [3.05, 3.63) is 144 Å². The van der Waals surface area contributed by atoms with Crippen molar-refractivity contribution in [2.45, 2.75) is 76.0 Å². The maximum absolute atomic E-state index is 13.9. The zero-order valence-electron chi connectivity index (χ0n) is 28.9. The number of esters is 1. The van der Waals surface area contributed by atoms with E-state index in [-0.39, 0.29) is 19.8 Å². The molecule has 2 heterocycles. The summed E-state index contributed by atoms with van der Waals surface area (Å²) in [5.74, 6) is -0.449. The van der Waals surface area contributed by atoms with Gasteiger partial charge in [0.1, 0.15) is 30.5 Å². The molecule has 0 aromatic heterocycles. The third kappa shape index (κ3) is 10.0. The topological polar surface area (TPSA) is 105 Å². The van der Waals surface area contributed by atoms with Gasteiger partial charge in [0.05, 0.1) is 40.1 Å². The number of ether oxygens (including phenoxy) is 6. The molecule has 0 spiro atoms. The second-order valence-corrected chi connectivity index (χ2v) is 12.7. The molecule has 4 aromatic carbocycles. The minimum atomic E-state index is -0.970. The molecule has 1 N–H and O–H groups in total. The second kappa shape index (κ2) is 18.6. The van der Waals surface area contributed by atoms with Crippen LogP contribution in [0.2, 0.25) is 0 Å². The number of methoxy groups -OCH3 is 1. The normalized spacial score (nSPS) is 23.1. The third-order valence-corrected chi connectivity index (χ3v) is 9.14. The Balaban J connectivity index is 1.32. The average molecular weight is 695 g/mol. The number of rotatable bonds is 15. The Morgan fingerprint density at radius 2 is 1.14 bits per heavy atom. The zero-order chi connectivity index (χ0) is 35.3. The Kier molecular flexibility index (Phi) is 13.2. The number of nitrogens with zero attached hydrogens (tertiary/aromatic N) is 1. The molecule has 10 nitrogen and oxygen atoms in total. The lowest BCUT2D eigenvalue weighted by Gasteiger charge is -2.46. The molecule has 0 bridgehead atoms. The van der Waals surface area contributed by atoms with Crippen LogP contribution in [0.3, 0.4) is 0 Å². The van der Waals surface area contributed by atoms with E-state index in [1.54, 1.807) is 0 Å². The van der Waals surface area contributed by atoms with Crippen LogP contribution in [0, 0.1) is 0 Å². The van der Waals surface area contributed by atoms with E-state index in [2.05, 4.69) is 5.32 Å². The predicted molar refractivity (Wildman–Crippen MR) is 190 cm³/mol. The van der Waals surface area contributed by atoms with E-state index in [0.29, 0.717) is 32.6 Å². The van der Waals surface area contributed by atoms with Crippen LogP contribution >= 0.6 is 0 Å². The van der Waals surface area contributed by atoms with Gasteiger partial charge in [-0.15, -0.1) is 0 Å². The minimum absolute atomic E-state index is 0.159. The molecule has 2 fully saturated rings. The molecule has 51 heavy (non-hydrogen) atoms. The van der Waals surface area contributed by atoms with E-state index in [1.165, 1.54) is 12.0 Å². The SMILES string of the molecule is COC(=O)C1CCCN1C(=O)N[C@@H]1OC(COCc2ccccc2)[C@@H](OCc2ccccc2)[C@H](OCc2ccccc2)C1OCc1ccccc1. The van der Waals surface area contributed by atoms with Gasteiger partial charge in [0.25, 0.3) is 0 Å². The summed E-state index contributed by atoms with van der Waals surface area (Å²) in [7, 11) is 1.33. The lowest BCUT2D eigenvalue weighted by Crippen LogP contribution is -2.66. The summed E-state index contributed by atoms with van der Waals surface area (Å²) in [5, 5.41) is 3.06. The number of benzene rings is 4. The number of nitrogens with one attached hydrogen (secondary N) is 1. The summed E-state index contributed by atoms with van der Waals surface area (Å²) < 4.78 is 38.1. The van der Waals surface area contributed by atoms with E-state index < -0.39 is 48.7 Å². The molecule has 0 radical (unpaired) electrons. The average Bonchev–Trinajstić information content (AvgIpc) is 3.68. The highest BCUT2D eigenvalue weighted by Crippen LogP contribution is 2.31. The number of carbonyl (C=O) groups excluding carboxylic acids is 2. The van der Waals surface area contributed by atoms with E-state index in [1.807, 2.05) is 121 Å². The van der Waals surface area contributed by atoms with Gasteiger partial charge in [0.2, 0.25) is 0 Å². The summed E-state index contributed by atoms with van der Waals surface area (Å²) >= 11 is 0. The molecule has 10 heteroatoms. The summed E-state index contributed by atoms with van der Waals surface area (Å²) in [6.45, 7) is 1.74. The molecular formula is C41H46N2O8. The predicted octanol–water partition coefficient (Wildman–Crippen LogP) is 6.03. The number of likely N-dealkylation sites (tertiary alicyclic amines) is 1. The van der Waals surface area contributed by atoms with E-state index in [9.17, 15) is 9.59 Å². The fraction of sp³-hybridized carbons (Fsp3) is 0.366. The van der Waals surface area contributed by atoms with Gasteiger partial charge < -0.3 is 38.6 Å². The van der Waals surface area contributed by atoms with Crippen LogP contribution in [0.25, 0.3) is 0 Å². The first-order valence-corrected chi connectivity index (χ1v) is 17.5. The van der Waals surface area contributed by atoms with E-state index >= 15 is 0 Å². The zero-order valence-corrected chi connectivity index (χ0v) is 28.9. The van der Waals surface area contributed by atoms with Crippen LogP contribution in [0.4, 0.5) is 4.79 Å². The maximum Gasteiger partial charge on any atom is 0.328 e. The Bertz CT molecular complexity index is 1630. The summed E-state index contributed by atoms with van der Waals surface area (Å²) in [6.07, 6.45) is -2.57. The third-order valence-electron chi connectivity index (χ3n) is 9.14. The molecule has 0 aliphatic carbocycles. The molecule has 6 rings (SSSR count). The first kappa shape index (κ1) is 36.2. The largest absolute Gasteiger partial charge is 0.467 e. The van der Waals surface area contributed by atoms with Crippen LogP contribution < -0.4 is 5.32 Å². The summed E-state index contributed by atoms with van der Waals surface area (Å²) in [5.41, 5.74) is 3.93. The van der Waals surface area contributed by atoms with Crippen LogP contribution in [0.5, 0.6) is 0 Å². The maximum atomic E-state index is 13.9. The molecule has 2 aliphatic rings. The van der Waals surface area contributed by atoms with Crippen LogP contribution in [0.1, 0.15) is 35.1 Å². The van der Waals surface area contributed by atoms with Crippen molar-refractivity contribution in [2.24, 2.45) is 0 Å². The first-order chi connectivity index (χ1) is 25.1. The number of hydrogen-bond acceptors (Lipinski definition) is 8. The van der Waals surface area contributed by atoms with Gasteiger partial charge in [-0.2, -0.15) is 0 Å². The first-order valence-electron chi connectivity index (χ1n) is 17.5. The molecule has 268 valence electrons. The number of carbonyl (C=O) groups is 2. The Hall–Kier alpha value is -4.58. The molecule has 2 saturated heterocycles. The van der Waals surface area contributed by atoms with Gasteiger partial charge in [-0.1, -0.05) is 121 Å². The molecular weight excluding hydrogens is 648 g/mol. The second-order valence-electron chi connectivity index (χ2n) is 12.7. The van der Waals surface area contributed by atoms with Gasteiger partial charge in [-0.05, 0) is 35.1 Å². The lowest BCUT2D eigenvalue weighted by atomic mass is 9.96. The smallest absolute Gasteiger partial charge is 0.328 e. The van der Waals surface area contributed by atoms with Crippen molar-refractivity contribution in [3.8, 4) is 0 Å². The quantitative estimate of drug-likeness (QED) is 0.151. The Labute approximate surface area is 299 Å². The van der Waals surface area contributed by atoms with E-state index in [0.717, 1.165) is 22.3 Å². The molecule has 2 amide bonds. The van der Waals surface area contributed by atoms with Gasteiger partial charge in [0.15, 0.2) is 6.23 Å². The molecule has 4 aromatic rings. The highest BCUT2D eigenvalue weighted by atomic mass is 16.6. The lowest BCUT2D eigenvalue weighted by molar-refractivity contribution is -0.276. The van der Waals surface area contributed by atoms with E-state index in [4.69, 9.17) is 28.4 Å². The summed E-state index contributed by atoms with van der Waals surface area (Å²) in [6, 6.07) is 38.4. The monoisotopic (exact) mass is 694 g/mol. The van der Waals surface area contributed by atoms with Crippen molar-refractivity contribution in [1.82, 2.24) is 10.2 Å². The number of urea groups is 1. The van der Waals surface area contributed by atoms with Crippen molar-refractivity contribution in [3.63, 3.8) is 0 Å². The molecule has 2 aliphatic heterocycles. The van der Waals surface area contributed by atoms with Crippen LogP contribution in [-0.2, 0) is 59.6 Å². The number of amides is 2. The van der Waals surface area contributed by atoms with Crippen LogP contribution in [-0.4, -0.2) is 73.8 Å². The summed E-state index contributed by atoms with van der Waals surface area (Å²) in [4.78, 5) is 28.0. The van der Waals surface area contributed by atoms with Gasteiger partial charge >= 0.3 is 12.0 Å². The Morgan fingerprint density at radius 1 is 0.667 bits per heavy atom. The number of hydrogen-bond donors (Lipinski definition) is 1. The highest BCUT2D eigenvalue weighted by Gasteiger charge is 2.50. The van der Waals surface area contributed by atoms with Crippen molar-refractivity contribution < 1.29 is 38.0 Å². The van der Waals surface area contributed by atoms with Gasteiger partial charge in [-0.25, -0.2) is 9.59 Å². The van der Waals surface area contributed by atoms with Gasteiger partial charge in [0, 0.05) is 6.54 Å². The molecule has 3 unspecified atom stereocenters. The fourth-order valence-corrected chi connectivity index (χ4v) is 6.50. The van der Waals surface area contributed by atoms with Crippen molar-refractivity contribution in [1.29, 1.82) is 0 Å². The van der Waals surface area contributed by atoms with Crippen molar-refractivity contribution >= 4 is 12.0 Å². The standard InChI is InChI=1S/C41H46N2O8/c1-46-40(44)34-23-14-24-43(34)41(45)42-39-38(50-28-33-21-12-5-13-22-33)37(49-27-32-19-10-4-11-20-32)36(48-26-31-17-8-3-9-18-31)35(51-39)29-47-25-30-15-6-2-7-16-30/h2-13,15-22,34-39H,14,23-29H2,1H3,(H,42,45)/t34?,35?,36-,37+,38?,39-/m1/s1. The van der Waals surface area contributed by atoms with Gasteiger partial charge in [-0.3, -0.25) is 0 Å². The Morgan fingerprint density at radius 3 is 1.65 bits per heavy atom. The molecule has 0 saturated carbocycles. The fourth-order valence-electron chi connectivity index (χ4n) is 6.50.